The highest BCUT2D eigenvalue weighted by Crippen LogP contribution is 2.37. The molecule has 0 heterocycles. The molecule has 0 radical (unpaired) electrons. The Kier molecular flexibility index (Phi) is 7.49. The predicted octanol–water partition coefficient (Wildman–Crippen LogP) is 2.75. The van der Waals surface area contributed by atoms with Crippen molar-refractivity contribution in [1.82, 2.24) is 4.90 Å². The minimum absolute atomic E-state index is 0.314. The lowest BCUT2D eigenvalue weighted by Crippen LogP contribution is -2.30. The van der Waals surface area contributed by atoms with Crippen LogP contribution < -0.4 is 0 Å². The maximum atomic E-state index is 13.5. The minimum Gasteiger partial charge on any atom is -0.380 e. The fourth-order valence-electron chi connectivity index (χ4n) is 3.17. The lowest BCUT2D eigenvalue weighted by Gasteiger charge is -2.32. The number of halogens is 1. The molecular formula is C21H25FN2O4S. The molecule has 0 fully saturated rings. The molecule has 8 heteroatoms. The Labute approximate surface area is 171 Å². The van der Waals surface area contributed by atoms with Crippen LogP contribution in [0.5, 0.6) is 0 Å². The number of hydrogen-bond donors (Lipinski definition) is 1. The van der Waals surface area contributed by atoms with Crippen molar-refractivity contribution in [2.75, 3.05) is 26.9 Å². The van der Waals surface area contributed by atoms with Crippen molar-refractivity contribution in [3.05, 3.63) is 70.5 Å². The highest BCUT2D eigenvalue weighted by Gasteiger charge is 2.33. The lowest BCUT2D eigenvalue weighted by atomic mass is 9.80. The van der Waals surface area contributed by atoms with Gasteiger partial charge in [0.05, 0.1) is 24.5 Å². The van der Waals surface area contributed by atoms with Crippen molar-refractivity contribution in [3.63, 3.8) is 0 Å². The van der Waals surface area contributed by atoms with Crippen molar-refractivity contribution < 1.29 is 22.1 Å². The Bertz CT molecular complexity index is 985. The van der Waals surface area contributed by atoms with Gasteiger partial charge in [0, 0.05) is 0 Å². The van der Waals surface area contributed by atoms with Crippen LogP contribution in [0.4, 0.5) is 4.39 Å². The van der Waals surface area contributed by atoms with E-state index in [1.165, 1.54) is 30.3 Å². The first-order valence-electron chi connectivity index (χ1n) is 9.06. The van der Waals surface area contributed by atoms with Crippen LogP contribution in [0.15, 0.2) is 42.5 Å². The fraction of sp³-hybridized carbons (Fsp3) is 0.381. The van der Waals surface area contributed by atoms with E-state index in [4.69, 9.17) is 4.18 Å². The van der Waals surface area contributed by atoms with Crippen LogP contribution in [0.1, 0.15) is 35.1 Å². The van der Waals surface area contributed by atoms with E-state index in [2.05, 4.69) is 0 Å². The summed E-state index contributed by atoms with van der Waals surface area (Å²) in [5, 5.41) is 20.9. The molecule has 0 aliphatic rings. The van der Waals surface area contributed by atoms with Gasteiger partial charge in [-0.25, -0.2) is 4.39 Å². The number of hydrogen-bond acceptors (Lipinski definition) is 6. The van der Waals surface area contributed by atoms with Crippen molar-refractivity contribution in [1.29, 1.82) is 5.26 Å². The van der Waals surface area contributed by atoms with E-state index in [1.807, 2.05) is 25.1 Å². The number of aliphatic hydroxyl groups is 1. The van der Waals surface area contributed by atoms with E-state index in [9.17, 15) is 23.2 Å². The average Bonchev–Trinajstić information content (AvgIpc) is 2.65. The molecule has 2 aromatic rings. The lowest BCUT2D eigenvalue weighted by molar-refractivity contribution is 0.0644. The first kappa shape index (κ1) is 23.0. The zero-order valence-electron chi connectivity index (χ0n) is 16.7. The van der Waals surface area contributed by atoms with Gasteiger partial charge in [0.25, 0.3) is 10.1 Å². The molecule has 0 bridgehead atoms. The number of benzene rings is 2. The summed E-state index contributed by atoms with van der Waals surface area (Å²) in [4.78, 5) is 1.98. The van der Waals surface area contributed by atoms with Crippen LogP contribution in [0.3, 0.4) is 0 Å². The zero-order chi connectivity index (χ0) is 21.7. The third-order valence-electron chi connectivity index (χ3n) is 4.57. The number of nitriles is 1. The summed E-state index contributed by atoms with van der Waals surface area (Å²) in [5.74, 6) is -0.426. The van der Waals surface area contributed by atoms with Crippen molar-refractivity contribution in [2.45, 2.75) is 25.0 Å². The van der Waals surface area contributed by atoms with Crippen molar-refractivity contribution in [3.8, 4) is 6.07 Å². The molecule has 29 heavy (non-hydrogen) atoms. The molecule has 156 valence electrons. The molecule has 0 saturated carbocycles. The summed E-state index contributed by atoms with van der Waals surface area (Å²) >= 11 is 0. The second-order valence-electron chi connectivity index (χ2n) is 7.22. The van der Waals surface area contributed by atoms with Gasteiger partial charge in [-0.05, 0) is 74.4 Å². The van der Waals surface area contributed by atoms with Crippen molar-refractivity contribution >= 4 is 10.1 Å². The summed E-state index contributed by atoms with van der Waals surface area (Å²) in [6.07, 6.45) is 1.88. The molecular weight excluding hydrogens is 395 g/mol. The van der Waals surface area contributed by atoms with Crippen molar-refractivity contribution in [2.24, 2.45) is 0 Å². The molecule has 0 unspecified atom stereocenters. The van der Waals surface area contributed by atoms with Crippen LogP contribution in [0, 0.1) is 17.1 Å². The summed E-state index contributed by atoms with van der Waals surface area (Å²) in [6.45, 7) is 0.399. The fourth-order valence-corrected chi connectivity index (χ4v) is 3.51. The molecule has 1 atom stereocenters. The highest BCUT2D eigenvalue weighted by molar-refractivity contribution is 7.85. The Morgan fingerprint density at radius 3 is 2.41 bits per heavy atom. The van der Waals surface area contributed by atoms with Gasteiger partial charge >= 0.3 is 0 Å². The highest BCUT2D eigenvalue weighted by atomic mass is 32.2. The normalized spacial score (nSPS) is 13.8. The van der Waals surface area contributed by atoms with Gasteiger partial charge in [-0.1, -0.05) is 18.2 Å². The third-order valence-corrected chi connectivity index (χ3v) is 5.12. The largest absolute Gasteiger partial charge is 0.380 e. The van der Waals surface area contributed by atoms with E-state index in [0.717, 1.165) is 12.8 Å². The quantitative estimate of drug-likeness (QED) is 0.628. The van der Waals surface area contributed by atoms with Crippen LogP contribution >= 0.6 is 0 Å². The van der Waals surface area contributed by atoms with Gasteiger partial charge in [-0.15, -0.1) is 0 Å². The molecule has 6 nitrogen and oxygen atoms in total. The molecule has 0 aliphatic carbocycles. The van der Waals surface area contributed by atoms with Gasteiger partial charge in [0.1, 0.15) is 11.4 Å². The van der Waals surface area contributed by atoms with Crippen LogP contribution in [0.2, 0.25) is 0 Å². The minimum atomic E-state index is -3.72. The average molecular weight is 421 g/mol. The maximum absolute atomic E-state index is 13.5. The van der Waals surface area contributed by atoms with Crippen LogP contribution in [-0.2, 0) is 26.5 Å². The summed E-state index contributed by atoms with van der Waals surface area (Å²) < 4.78 is 41.3. The number of rotatable bonds is 9. The van der Waals surface area contributed by atoms with Gasteiger partial charge < -0.3 is 10.0 Å². The predicted molar refractivity (Wildman–Crippen MR) is 108 cm³/mol. The maximum Gasteiger partial charge on any atom is 0.264 e. The van der Waals surface area contributed by atoms with Crippen LogP contribution in [0.25, 0.3) is 0 Å². The summed E-state index contributed by atoms with van der Waals surface area (Å²) in [7, 11) is 0.118. The second kappa shape index (κ2) is 9.46. The smallest absolute Gasteiger partial charge is 0.264 e. The first-order valence-corrected chi connectivity index (χ1v) is 10.9. The number of nitrogens with zero attached hydrogens (tertiary/aromatic N) is 2. The molecule has 0 spiro atoms. The molecule has 2 aromatic carbocycles. The SMILES string of the molecule is CN(C)CCC[C@](O)(c1ccc(F)cc1)c1ccc(C#N)cc1COS(C)(=O)=O. The second-order valence-corrected chi connectivity index (χ2v) is 8.87. The summed E-state index contributed by atoms with van der Waals surface area (Å²) in [6, 6.07) is 12.2. The Morgan fingerprint density at radius 1 is 1.21 bits per heavy atom. The monoisotopic (exact) mass is 420 g/mol. The molecule has 0 aliphatic heterocycles. The Morgan fingerprint density at radius 2 is 1.86 bits per heavy atom. The Hall–Kier alpha value is -2.31. The van der Waals surface area contributed by atoms with Crippen LogP contribution in [-0.4, -0.2) is 45.3 Å². The summed E-state index contributed by atoms with van der Waals surface area (Å²) in [5.41, 5.74) is 0.0868. The zero-order valence-corrected chi connectivity index (χ0v) is 17.5. The topological polar surface area (TPSA) is 90.6 Å². The molecule has 0 saturated heterocycles. The van der Waals surface area contributed by atoms with E-state index in [0.29, 0.717) is 35.1 Å². The first-order chi connectivity index (χ1) is 13.5. The van der Waals surface area contributed by atoms with E-state index in [-0.39, 0.29) is 6.61 Å². The molecule has 0 aromatic heterocycles. The molecule has 2 rings (SSSR count). The van der Waals surface area contributed by atoms with Gasteiger partial charge in [0.2, 0.25) is 0 Å². The van der Waals surface area contributed by atoms with Gasteiger partial charge in [0.15, 0.2) is 0 Å². The Balaban J connectivity index is 2.56. The van der Waals surface area contributed by atoms with E-state index in [1.54, 1.807) is 12.1 Å². The standard InChI is InChI=1S/C21H25FN2O4S/c1-24(2)12-4-11-21(25,18-6-8-19(22)9-7-18)20-10-5-16(14-23)13-17(20)15-28-29(3,26)27/h5-10,13,25H,4,11-12,15H2,1-3H3/t21-/m0/s1. The van der Waals surface area contributed by atoms with E-state index < -0.39 is 21.5 Å². The van der Waals surface area contributed by atoms with E-state index >= 15 is 0 Å². The third kappa shape index (κ3) is 6.34. The molecule has 1 N–H and O–H groups in total. The molecule has 0 amide bonds. The van der Waals surface area contributed by atoms with Gasteiger partial charge in [-0.3, -0.25) is 4.18 Å². The van der Waals surface area contributed by atoms with Gasteiger partial charge in [-0.2, -0.15) is 13.7 Å².